The van der Waals surface area contributed by atoms with Crippen molar-refractivity contribution in [1.82, 2.24) is 5.32 Å². The summed E-state index contributed by atoms with van der Waals surface area (Å²) < 4.78 is 14.0. The second-order valence-corrected chi connectivity index (χ2v) is 6.65. The summed E-state index contributed by atoms with van der Waals surface area (Å²) in [4.78, 5) is 12.2. The molecule has 1 aliphatic carbocycles. The van der Waals surface area contributed by atoms with Crippen LogP contribution < -0.4 is 10.6 Å². The molecule has 3 nitrogen and oxygen atoms in total. The average molecular weight is 357 g/mol. The molecule has 1 aliphatic rings. The zero-order chi connectivity index (χ0) is 15.4. The van der Waals surface area contributed by atoms with Gasteiger partial charge >= 0.3 is 0 Å². The summed E-state index contributed by atoms with van der Waals surface area (Å²) in [5.41, 5.74) is 1.56. The summed E-state index contributed by atoms with van der Waals surface area (Å²) in [5, 5.41) is 6.17. The third-order valence-corrected chi connectivity index (χ3v) is 4.59. The van der Waals surface area contributed by atoms with E-state index in [0.717, 1.165) is 18.4 Å². The van der Waals surface area contributed by atoms with Crippen LogP contribution in [0.3, 0.4) is 0 Å². The maximum Gasteiger partial charge on any atom is 0.242 e. The second-order valence-electron chi connectivity index (χ2n) is 5.79. The Morgan fingerprint density at radius 1 is 1.33 bits per heavy atom. The van der Waals surface area contributed by atoms with Crippen LogP contribution in [0.5, 0.6) is 0 Å². The van der Waals surface area contributed by atoms with Gasteiger partial charge in [-0.25, -0.2) is 4.39 Å². The highest BCUT2D eigenvalue weighted by Gasteiger charge is 2.20. The molecule has 21 heavy (non-hydrogen) atoms. The standard InChI is InChI=1S/C16H22BrFN2O/c1-10-8-13(17)14(18)9-15(10)19-11(2)16(21)20-12-6-4-3-5-7-12/h8-9,11-12,19H,3-7H2,1-2H3,(H,20,21). The van der Waals surface area contributed by atoms with Gasteiger partial charge in [0.25, 0.3) is 0 Å². The van der Waals surface area contributed by atoms with Crippen LogP contribution in [0, 0.1) is 12.7 Å². The fourth-order valence-corrected chi connectivity index (χ4v) is 3.13. The molecule has 0 aliphatic heterocycles. The van der Waals surface area contributed by atoms with Crippen molar-refractivity contribution in [1.29, 1.82) is 0 Å². The van der Waals surface area contributed by atoms with Crippen molar-refractivity contribution >= 4 is 27.5 Å². The number of aryl methyl sites for hydroxylation is 1. The SMILES string of the molecule is Cc1cc(Br)c(F)cc1NC(C)C(=O)NC1CCCCC1. The van der Waals surface area contributed by atoms with Crippen LogP contribution in [0.1, 0.15) is 44.6 Å². The third kappa shape index (κ3) is 4.43. The van der Waals surface area contributed by atoms with E-state index in [1.807, 2.05) is 6.92 Å². The number of amides is 1. The number of benzene rings is 1. The zero-order valence-corrected chi connectivity index (χ0v) is 14.1. The molecule has 1 fully saturated rings. The number of anilines is 1. The molecule has 1 unspecified atom stereocenters. The second kappa shape index (κ2) is 7.25. The first kappa shape index (κ1) is 16.3. The lowest BCUT2D eigenvalue weighted by Gasteiger charge is -2.25. The first-order valence-corrected chi connectivity index (χ1v) is 8.29. The Balaban J connectivity index is 1.95. The lowest BCUT2D eigenvalue weighted by molar-refractivity contribution is -0.122. The van der Waals surface area contributed by atoms with Gasteiger partial charge in [0.2, 0.25) is 5.91 Å². The molecule has 0 bridgehead atoms. The van der Waals surface area contributed by atoms with Crippen LogP contribution in [0.25, 0.3) is 0 Å². The number of hydrogen-bond donors (Lipinski definition) is 2. The molecule has 1 atom stereocenters. The van der Waals surface area contributed by atoms with E-state index in [4.69, 9.17) is 0 Å². The van der Waals surface area contributed by atoms with Crippen molar-refractivity contribution < 1.29 is 9.18 Å². The first-order chi connectivity index (χ1) is 9.97. The molecule has 2 N–H and O–H groups in total. The molecule has 1 amide bonds. The highest BCUT2D eigenvalue weighted by molar-refractivity contribution is 9.10. The molecule has 1 aromatic rings. The number of halogens is 2. The van der Waals surface area contributed by atoms with Crippen LogP contribution in [0.15, 0.2) is 16.6 Å². The van der Waals surface area contributed by atoms with E-state index >= 15 is 0 Å². The largest absolute Gasteiger partial charge is 0.374 e. The highest BCUT2D eigenvalue weighted by atomic mass is 79.9. The normalized spacial score (nSPS) is 17.3. The van der Waals surface area contributed by atoms with Crippen LogP contribution in [-0.2, 0) is 4.79 Å². The minimum atomic E-state index is -0.383. The fraction of sp³-hybridized carbons (Fsp3) is 0.562. The fourth-order valence-electron chi connectivity index (χ4n) is 2.67. The summed E-state index contributed by atoms with van der Waals surface area (Å²) in [6.07, 6.45) is 5.75. The molecule has 1 aromatic carbocycles. The number of hydrogen-bond acceptors (Lipinski definition) is 2. The Morgan fingerprint density at radius 3 is 2.67 bits per heavy atom. The van der Waals surface area contributed by atoms with Gasteiger partial charge in [-0.15, -0.1) is 0 Å². The molecule has 5 heteroatoms. The predicted molar refractivity (Wildman–Crippen MR) is 86.9 cm³/mol. The zero-order valence-electron chi connectivity index (χ0n) is 12.5. The van der Waals surface area contributed by atoms with Gasteiger partial charge in [-0.3, -0.25) is 4.79 Å². The van der Waals surface area contributed by atoms with Gasteiger partial charge in [0.1, 0.15) is 11.9 Å². The molecule has 2 rings (SSSR count). The Bertz CT molecular complexity index is 515. The number of rotatable bonds is 4. The predicted octanol–water partition coefficient (Wildman–Crippen LogP) is 4.15. The van der Waals surface area contributed by atoms with E-state index in [2.05, 4.69) is 26.6 Å². The van der Waals surface area contributed by atoms with Gasteiger partial charge in [-0.2, -0.15) is 0 Å². The number of carbonyl (C=O) groups excluding carboxylic acids is 1. The number of nitrogens with one attached hydrogen (secondary N) is 2. The molecule has 0 spiro atoms. The number of carbonyl (C=O) groups is 1. The maximum atomic E-state index is 13.6. The molecule has 1 saturated carbocycles. The van der Waals surface area contributed by atoms with Gasteiger partial charge in [0.15, 0.2) is 0 Å². The monoisotopic (exact) mass is 356 g/mol. The third-order valence-electron chi connectivity index (χ3n) is 3.98. The Hall–Kier alpha value is -1.10. The van der Waals surface area contributed by atoms with Crippen molar-refractivity contribution in [2.24, 2.45) is 0 Å². The van der Waals surface area contributed by atoms with Crippen molar-refractivity contribution in [3.63, 3.8) is 0 Å². The lowest BCUT2D eigenvalue weighted by atomic mass is 9.95. The van der Waals surface area contributed by atoms with Crippen molar-refractivity contribution in [3.8, 4) is 0 Å². The van der Waals surface area contributed by atoms with Gasteiger partial charge in [-0.05, 0) is 60.3 Å². The van der Waals surface area contributed by atoms with Crippen LogP contribution >= 0.6 is 15.9 Å². The molecule has 0 saturated heterocycles. The summed E-state index contributed by atoms with van der Waals surface area (Å²) in [7, 11) is 0. The van der Waals surface area contributed by atoms with E-state index in [-0.39, 0.29) is 17.8 Å². The summed E-state index contributed by atoms with van der Waals surface area (Å²) in [5.74, 6) is -0.354. The quantitative estimate of drug-likeness (QED) is 0.850. The van der Waals surface area contributed by atoms with Crippen LogP contribution in [0.4, 0.5) is 10.1 Å². The minimum Gasteiger partial charge on any atom is -0.374 e. The summed E-state index contributed by atoms with van der Waals surface area (Å²) >= 11 is 3.16. The van der Waals surface area contributed by atoms with Gasteiger partial charge < -0.3 is 10.6 Å². The van der Waals surface area contributed by atoms with Crippen molar-refractivity contribution in [2.75, 3.05) is 5.32 Å². The van der Waals surface area contributed by atoms with Gasteiger partial charge in [-0.1, -0.05) is 19.3 Å². The summed E-state index contributed by atoms with van der Waals surface area (Å²) in [6.45, 7) is 3.69. The highest BCUT2D eigenvalue weighted by Crippen LogP contribution is 2.24. The van der Waals surface area contributed by atoms with E-state index in [9.17, 15) is 9.18 Å². The Morgan fingerprint density at radius 2 is 2.00 bits per heavy atom. The van der Waals surface area contributed by atoms with Crippen LogP contribution in [-0.4, -0.2) is 18.0 Å². The molecule has 0 aromatic heterocycles. The molecule has 0 heterocycles. The van der Waals surface area contributed by atoms with Gasteiger partial charge in [0, 0.05) is 11.7 Å². The molecule has 116 valence electrons. The van der Waals surface area contributed by atoms with Gasteiger partial charge in [0.05, 0.1) is 4.47 Å². The minimum absolute atomic E-state index is 0.0235. The molecular formula is C16H22BrFN2O. The molecular weight excluding hydrogens is 335 g/mol. The maximum absolute atomic E-state index is 13.6. The first-order valence-electron chi connectivity index (χ1n) is 7.50. The lowest BCUT2D eigenvalue weighted by Crippen LogP contribution is -2.44. The topological polar surface area (TPSA) is 41.1 Å². The summed E-state index contributed by atoms with van der Waals surface area (Å²) in [6, 6.07) is 3.04. The van der Waals surface area contributed by atoms with Crippen LogP contribution in [0.2, 0.25) is 0 Å². The van der Waals surface area contributed by atoms with E-state index in [0.29, 0.717) is 16.2 Å². The smallest absolute Gasteiger partial charge is 0.242 e. The van der Waals surface area contributed by atoms with E-state index in [1.165, 1.54) is 25.3 Å². The van der Waals surface area contributed by atoms with Crippen molar-refractivity contribution in [3.05, 3.63) is 28.0 Å². The average Bonchev–Trinajstić information content (AvgIpc) is 2.45. The van der Waals surface area contributed by atoms with E-state index < -0.39 is 0 Å². The Kier molecular flexibility index (Phi) is 5.62. The van der Waals surface area contributed by atoms with E-state index in [1.54, 1.807) is 13.0 Å². The van der Waals surface area contributed by atoms with Crippen molar-refractivity contribution in [2.45, 2.75) is 58.0 Å². The Labute approximate surface area is 133 Å². The molecule has 0 radical (unpaired) electrons.